The molecule has 1 saturated heterocycles. The zero-order valence-electron chi connectivity index (χ0n) is 18.6. The Labute approximate surface area is 198 Å². The molecule has 2 aromatic rings. The van der Waals surface area contributed by atoms with E-state index in [0.717, 1.165) is 60.8 Å². The van der Waals surface area contributed by atoms with E-state index in [1.165, 1.54) is 12.0 Å². The molecule has 33 heavy (non-hydrogen) atoms. The second kappa shape index (κ2) is 6.91. The first-order valence-electron chi connectivity index (χ1n) is 11.8. The molecule has 1 aromatic carbocycles. The number of nitrogens with one attached hydrogen (secondary N) is 2. The lowest BCUT2D eigenvalue weighted by molar-refractivity contribution is 0.174. The van der Waals surface area contributed by atoms with Crippen molar-refractivity contribution in [3.8, 4) is 11.5 Å². The SMILES string of the molecule is CC(=N)/C=C(\S)N1C[C@H]2[C@H](Nc3nc4n(n3)CCCC4c3ccc4c(c3)OCO4)C3CC32C1. The van der Waals surface area contributed by atoms with Gasteiger partial charge in [-0.1, -0.05) is 6.07 Å². The quantitative estimate of drug-likeness (QED) is 0.464. The molecule has 5 atom stereocenters. The topological polar surface area (TPSA) is 88.3 Å². The lowest BCUT2D eigenvalue weighted by Gasteiger charge is -2.38. The summed E-state index contributed by atoms with van der Waals surface area (Å²) in [5.74, 6) is 4.95. The van der Waals surface area contributed by atoms with E-state index in [0.29, 0.717) is 35.8 Å². The summed E-state index contributed by atoms with van der Waals surface area (Å²) in [4.78, 5) is 7.32. The number of allylic oxidation sites excluding steroid dienone is 1. The molecular formula is C24H28N6O2S. The normalized spacial score (nSPS) is 33.2. The number of benzene rings is 1. The first-order valence-corrected chi connectivity index (χ1v) is 12.3. The third-order valence-corrected chi connectivity index (χ3v) is 8.74. The molecule has 172 valence electrons. The fraction of sp³-hybridized carbons (Fsp3) is 0.542. The molecule has 0 bridgehead atoms. The fourth-order valence-corrected chi connectivity index (χ4v) is 7.05. The van der Waals surface area contributed by atoms with Gasteiger partial charge in [-0.25, -0.2) is 4.68 Å². The van der Waals surface area contributed by atoms with Crippen molar-refractivity contribution in [2.75, 3.05) is 25.2 Å². The Hall–Kier alpha value is -2.68. The molecule has 3 fully saturated rings. The summed E-state index contributed by atoms with van der Waals surface area (Å²) in [7, 11) is 0. The van der Waals surface area contributed by atoms with E-state index in [-0.39, 0.29) is 5.92 Å². The summed E-state index contributed by atoms with van der Waals surface area (Å²) in [6, 6.07) is 6.65. The van der Waals surface area contributed by atoms with Crippen LogP contribution in [0.15, 0.2) is 29.3 Å². The highest BCUT2D eigenvalue weighted by atomic mass is 32.1. The van der Waals surface area contributed by atoms with Gasteiger partial charge in [-0.05, 0) is 61.3 Å². The second-order valence-corrected chi connectivity index (χ2v) is 10.7. The van der Waals surface area contributed by atoms with Gasteiger partial charge in [-0.15, -0.1) is 17.7 Å². The zero-order chi connectivity index (χ0) is 22.3. The molecule has 2 saturated carbocycles. The molecule has 7 rings (SSSR count). The minimum Gasteiger partial charge on any atom is -0.454 e. The Balaban J connectivity index is 1.10. The standard InChI is InChI=1S/C24H28N6O2S/c1-13(25)7-20(33)29-10-17-21(16-9-24(16,17)11-29)26-23-27-22-15(3-2-6-30(22)28-23)14-4-5-18-19(8-14)32-12-31-18/h4-5,7-8,15-17,21,25,33H,2-3,6,9-12H2,1H3,(H,26,28)/b20-7-,25-13?/t15?,16?,17-,21+,24?/m0/s1. The van der Waals surface area contributed by atoms with Crippen molar-refractivity contribution in [3.05, 3.63) is 40.7 Å². The first kappa shape index (κ1) is 19.8. The van der Waals surface area contributed by atoms with Crippen LogP contribution in [0, 0.1) is 22.7 Å². The molecule has 0 radical (unpaired) electrons. The van der Waals surface area contributed by atoms with Gasteiger partial charge in [-0.3, -0.25) is 0 Å². The van der Waals surface area contributed by atoms with E-state index in [1.54, 1.807) is 6.92 Å². The van der Waals surface area contributed by atoms with Crippen LogP contribution in [0.3, 0.4) is 0 Å². The molecule has 2 aliphatic carbocycles. The largest absolute Gasteiger partial charge is 0.454 e. The fourth-order valence-electron chi connectivity index (χ4n) is 6.70. The minimum atomic E-state index is 0.223. The third-order valence-electron chi connectivity index (χ3n) is 8.33. The maximum Gasteiger partial charge on any atom is 0.242 e. The molecule has 8 nitrogen and oxygen atoms in total. The lowest BCUT2D eigenvalue weighted by Crippen LogP contribution is -2.47. The molecule has 0 amide bonds. The molecule has 2 N–H and O–H groups in total. The number of thiol groups is 1. The van der Waals surface area contributed by atoms with E-state index in [9.17, 15) is 0 Å². The number of hydrogen-bond donors (Lipinski definition) is 3. The highest BCUT2D eigenvalue weighted by Crippen LogP contribution is 2.74. The molecular weight excluding hydrogens is 436 g/mol. The van der Waals surface area contributed by atoms with Crippen molar-refractivity contribution in [1.29, 1.82) is 5.41 Å². The van der Waals surface area contributed by atoms with Gasteiger partial charge in [0.15, 0.2) is 11.5 Å². The third kappa shape index (κ3) is 2.94. The van der Waals surface area contributed by atoms with Crippen LogP contribution < -0.4 is 14.8 Å². The van der Waals surface area contributed by atoms with Gasteiger partial charge < -0.3 is 25.1 Å². The van der Waals surface area contributed by atoms with Crippen LogP contribution in [0.2, 0.25) is 0 Å². The van der Waals surface area contributed by atoms with Gasteiger partial charge in [0.1, 0.15) is 5.82 Å². The predicted octanol–water partition coefficient (Wildman–Crippen LogP) is 3.48. The number of nitrogens with zero attached hydrogens (tertiary/aromatic N) is 4. The van der Waals surface area contributed by atoms with E-state index < -0.39 is 0 Å². The van der Waals surface area contributed by atoms with E-state index in [4.69, 9.17) is 25.0 Å². The van der Waals surface area contributed by atoms with Crippen LogP contribution in [-0.2, 0) is 6.54 Å². The zero-order valence-corrected chi connectivity index (χ0v) is 19.5. The van der Waals surface area contributed by atoms with Crippen LogP contribution in [-0.4, -0.2) is 51.3 Å². The van der Waals surface area contributed by atoms with Crippen LogP contribution in [0.4, 0.5) is 5.95 Å². The van der Waals surface area contributed by atoms with Crippen molar-refractivity contribution >= 4 is 24.3 Å². The Morgan fingerprint density at radius 3 is 3.06 bits per heavy atom. The number of ether oxygens (including phenoxy) is 2. The average molecular weight is 465 g/mol. The maximum absolute atomic E-state index is 7.73. The summed E-state index contributed by atoms with van der Waals surface area (Å²) >= 11 is 4.66. The van der Waals surface area contributed by atoms with Crippen LogP contribution >= 0.6 is 12.6 Å². The highest BCUT2D eigenvalue weighted by Gasteiger charge is 2.76. The summed E-state index contributed by atoms with van der Waals surface area (Å²) in [6.07, 6.45) is 5.27. The summed E-state index contributed by atoms with van der Waals surface area (Å²) in [6.45, 7) is 5.05. The molecule has 4 heterocycles. The number of aromatic nitrogens is 3. The van der Waals surface area contributed by atoms with E-state index in [2.05, 4.69) is 39.7 Å². The van der Waals surface area contributed by atoms with Gasteiger partial charge in [0, 0.05) is 43.2 Å². The van der Waals surface area contributed by atoms with Gasteiger partial charge >= 0.3 is 0 Å². The van der Waals surface area contributed by atoms with Crippen LogP contribution in [0.25, 0.3) is 0 Å². The van der Waals surface area contributed by atoms with Gasteiger partial charge in [0.25, 0.3) is 0 Å². The van der Waals surface area contributed by atoms with E-state index in [1.807, 2.05) is 12.1 Å². The number of anilines is 1. The Bertz CT molecular complexity index is 1190. The summed E-state index contributed by atoms with van der Waals surface area (Å²) in [5.41, 5.74) is 2.19. The van der Waals surface area contributed by atoms with Crippen LogP contribution in [0.1, 0.15) is 43.5 Å². The van der Waals surface area contributed by atoms with E-state index >= 15 is 0 Å². The van der Waals surface area contributed by atoms with Gasteiger partial charge in [-0.2, -0.15) is 4.98 Å². The molecule has 3 unspecified atom stereocenters. The average Bonchev–Trinajstić information content (AvgIpc) is 3.17. The van der Waals surface area contributed by atoms with Crippen molar-refractivity contribution in [1.82, 2.24) is 19.7 Å². The summed E-state index contributed by atoms with van der Waals surface area (Å²) in [5, 5.41) is 17.2. The smallest absolute Gasteiger partial charge is 0.242 e. The summed E-state index contributed by atoms with van der Waals surface area (Å²) < 4.78 is 13.2. The first-order chi connectivity index (χ1) is 16.0. The van der Waals surface area contributed by atoms with Crippen molar-refractivity contribution in [2.24, 2.45) is 17.3 Å². The van der Waals surface area contributed by atoms with Crippen molar-refractivity contribution in [2.45, 2.75) is 44.7 Å². The predicted molar refractivity (Wildman–Crippen MR) is 127 cm³/mol. The lowest BCUT2D eigenvalue weighted by atomic mass is 9.71. The second-order valence-electron chi connectivity index (χ2n) is 10.2. The Morgan fingerprint density at radius 1 is 1.30 bits per heavy atom. The molecule has 9 heteroatoms. The van der Waals surface area contributed by atoms with Crippen molar-refractivity contribution in [3.63, 3.8) is 0 Å². The monoisotopic (exact) mass is 464 g/mol. The minimum absolute atomic E-state index is 0.223. The maximum atomic E-state index is 7.73. The molecule has 3 aliphatic heterocycles. The Kier molecular flexibility index (Phi) is 4.14. The number of fused-ring (bicyclic) bond motifs is 2. The molecule has 1 spiro atoms. The number of rotatable bonds is 5. The van der Waals surface area contributed by atoms with Gasteiger partial charge in [0.05, 0.1) is 5.03 Å². The molecule has 1 aromatic heterocycles. The Morgan fingerprint density at radius 2 is 2.18 bits per heavy atom. The van der Waals surface area contributed by atoms with Gasteiger partial charge in [0.2, 0.25) is 12.7 Å². The molecule has 5 aliphatic rings. The van der Waals surface area contributed by atoms with Crippen molar-refractivity contribution < 1.29 is 9.47 Å². The number of hydrogen-bond acceptors (Lipinski definition) is 8. The highest BCUT2D eigenvalue weighted by molar-refractivity contribution is 7.84. The van der Waals surface area contributed by atoms with Crippen LogP contribution in [0.5, 0.6) is 11.5 Å². The number of likely N-dealkylation sites (tertiary alicyclic amines) is 1. The number of aryl methyl sites for hydroxylation is 1.